The molecule has 0 unspecified atom stereocenters. The first kappa shape index (κ1) is 12.4. The highest BCUT2D eigenvalue weighted by molar-refractivity contribution is 5.40. The van der Waals surface area contributed by atoms with E-state index in [0.29, 0.717) is 24.5 Å². The van der Waals surface area contributed by atoms with Gasteiger partial charge in [0, 0.05) is 17.5 Å². The van der Waals surface area contributed by atoms with Crippen LogP contribution in [0.15, 0.2) is 5.11 Å². The summed E-state index contributed by atoms with van der Waals surface area (Å²) >= 11 is 0. The number of anilines is 2. The Labute approximate surface area is 105 Å². The molecule has 1 saturated carbocycles. The molecule has 1 fully saturated rings. The predicted molar refractivity (Wildman–Crippen MR) is 68.7 cm³/mol. The average Bonchev–Trinajstić information content (AvgIpc) is 2.82. The van der Waals surface area contributed by atoms with Gasteiger partial charge < -0.3 is 10.6 Å². The van der Waals surface area contributed by atoms with Crippen LogP contribution in [-0.2, 0) is 0 Å². The summed E-state index contributed by atoms with van der Waals surface area (Å²) in [4.78, 5) is 15.0. The second kappa shape index (κ2) is 6.02. The minimum Gasteiger partial charge on any atom is -0.354 e. The van der Waals surface area contributed by atoms with Crippen molar-refractivity contribution in [1.29, 1.82) is 0 Å². The summed E-state index contributed by atoms with van der Waals surface area (Å²) < 4.78 is 0. The van der Waals surface area contributed by atoms with Gasteiger partial charge in [0.2, 0.25) is 17.8 Å². The van der Waals surface area contributed by atoms with Crippen molar-refractivity contribution in [3.8, 4) is 0 Å². The topological polar surface area (TPSA) is 111 Å². The molecule has 1 heterocycles. The van der Waals surface area contributed by atoms with Gasteiger partial charge in [-0.3, -0.25) is 0 Å². The van der Waals surface area contributed by atoms with Crippen molar-refractivity contribution in [2.75, 3.05) is 17.2 Å². The van der Waals surface area contributed by atoms with E-state index in [-0.39, 0.29) is 5.95 Å². The van der Waals surface area contributed by atoms with Gasteiger partial charge in [-0.2, -0.15) is 15.0 Å². The Morgan fingerprint density at radius 2 is 2.00 bits per heavy atom. The standard InChI is InChI=1S/C10H16N8/c1-2-12-8-14-9(13-7-5-3-4-6-7)16-10(15-8)17-18-11/h7H,2-6H2,1H3,(H2,12,13,14,15,16). The van der Waals surface area contributed by atoms with Crippen molar-refractivity contribution < 1.29 is 0 Å². The van der Waals surface area contributed by atoms with Crippen LogP contribution in [0.5, 0.6) is 0 Å². The second-order valence-corrected chi connectivity index (χ2v) is 4.13. The van der Waals surface area contributed by atoms with Crippen molar-refractivity contribution >= 4 is 17.8 Å². The van der Waals surface area contributed by atoms with Gasteiger partial charge in [-0.15, -0.1) is 0 Å². The van der Waals surface area contributed by atoms with Crippen molar-refractivity contribution in [3.05, 3.63) is 10.4 Å². The summed E-state index contributed by atoms with van der Waals surface area (Å²) in [6.45, 7) is 2.64. The van der Waals surface area contributed by atoms with Crippen molar-refractivity contribution in [3.63, 3.8) is 0 Å². The Hall–Kier alpha value is -2.08. The third-order valence-corrected chi connectivity index (χ3v) is 2.78. The molecule has 2 rings (SSSR count). The van der Waals surface area contributed by atoms with Gasteiger partial charge in [-0.05, 0) is 30.4 Å². The molecule has 0 radical (unpaired) electrons. The van der Waals surface area contributed by atoms with E-state index in [1.807, 2.05) is 6.92 Å². The number of aromatic nitrogens is 3. The Morgan fingerprint density at radius 1 is 1.28 bits per heavy atom. The van der Waals surface area contributed by atoms with Crippen LogP contribution in [0.3, 0.4) is 0 Å². The number of hydrogen-bond acceptors (Lipinski definition) is 6. The number of azide groups is 1. The number of rotatable bonds is 5. The third kappa shape index (κ3) is 3.21. The highest BCUT2D eigenvalue weighted by atomic mass is 15.3. The van der Waals surface area contributed by atoms with Crippen LogP contribution in [0.4, 0.5) is 17.8 Å². The molecule has 0 aromatic carbocycles. The summed E-state index contributed by atoms with van der Waals surface area (Å²) in [5.41, 5.74) is 8.43. The van der Waals surface area contributed by atoms with E-state index in [4.69, 9.17) is 5.53 Å². The molecule has 0 bridgehead atoms. The SMILES string of the molecule is CCNc1nc(N=[N+]=[N-])nc(NC2CCCC2)n1. The van der Waals surface area contributed by atoms with Crippen molar-refractivity contribution in [1.82, 2.24) is 15.0 Å². The van der Waals surface area contributed by atoms with Gasteiger partial charge in [0.25, 0.3) is 0 Å². The molecule has 8 heteroatoms. The molecule has 0 saturated heterocycles. The minimum atomic E-state index is 0.0870. The Morgan fingerprint density at radius 3 is 2.67 bits per heavy atom. The number of hydrogen-bond donors (Lipinski definition) is 2. The molecule has 0 amide bonds. The van der Waals surface area contributed by atoms with Crippen molar-refractivity contribution in [2.45, 2.75) is 38.6 Å². The van der Waals surface area contributed by atoms with E-state index >= 15 is 0 Å². The third-order valence-electron chi connectivity index (χ3n) is 2.78. The first-order chi connectivity index (χ1) is 8.81. The van der Waals surface area contributed by atoms with Crippen LogP contribution in [0.2, 0.25) is 0 Å². The molecule has 0 aliphatic heterocycles. The Balaban J connectivity index is 2.18. The minimum absolute atomic E-state index is 0.0870. The first-order valence-electron chi connectivity index (χ1n) is 6.13. The van der Waals surface area contributed by atoms with E-state index in [1.165, 1.54) is 12.8 Å². The lowest BCUT2D eigenvalue weighted by Crippen LogP contribution is -2.17. The maximum atomic E-state index is 8.43. The number of nitrogens with zero attached hydrogens (tertiary/aromatic N) is 6. The highest BCUT2D eigenvalue weighted by Gasteiger charge is 2.16. The van der Waals surface area contributed by atoms with Crippen LogP contribution in [0.1, 0.15) is 32.6 Å². The van der Waals surface area contributed by atoms with Crippen LogP contribution in [0, 0.1) is 0 Å². The van der Waals surface area contributed by atoms with Crippen LogP contribution < -0.4 is 10.6 Å². The van der Waals surface area contributed by atoms with Crippen molar-refractivity contribution in [2.24, 2.45) is 5.11 Å². The quantitative estimate of drug-likeness (QED) is 0.472. The summed E-state index contributed by atoms with van der Waals surface area (Å²) in [5.74, 6) is 0.981. The van der Waals surface area contributed by atoms with Crippen LogP contribution >= 0.6 is 0 Å². The maximum absolute atomic E-state index is 8.43. The highest BCUT2D eigenvalue weighted by Crippen LogP contribution is 2.21. The average molecular weight is 248 g/mol. The lowest BCUT2D eigenvalue weighted by molar-refractivity contribution is 0.742. The summed E-state index contributed by atoms with van der Waals surface area (Å²) in [5, 5.41) is 9.66. The van der Waals surface area contributed by atoms with E-state index in [0.717, 1.165) is 12.8 Å². The Bertz CT molecular complexity index is 447. The fourth-order valence-electron chi connectivity index (χ4n) is 2.00. The van der Waals surface area contributed by atoms with Gasteiger partial charge in [0.1, 0.15) is 0 Å². The predicted octanol–water partition coefficient (Wildman–Crippen LogP) is 2.60. The van der Waals surface area contributed by atoms with E-state index in [9.17, 15) is 0 Å². The maximum Gasteiger partial charge on any atom is 0.228 e. The van der Waals surface area contributed by atoms with E-state index in [1.54, 1.807) is 0 Å². The summed E-state index contributed by atoms with van der Waals surface area (Å²) in [7, 11) is 0. The molecular weight excluding hydrogens is 232 g/mol. The van der Waals surface area contributed by atoms with E-state index in [2.05, 4.69) is 35.6 Å². The molecule has 0 spiro atoms. The lowest BCUT2D eigenvalue weighted by Gasteiger charge is -2.12. The summed E-state index contributed by atoms with van der Waals surface area (Å²) in [6.07, 6.45) is 4.70. The van der Waals surface area contributed by atoms with E-state index < -0.39 is 0 Å². The molecule has 96 valence electrons. The fourth-order valence-corrected chi connectivity index (χ4v) is 2.00. The largest absolute Gasteiger partial charge is 0.354 e. The molecule has 1 aromatic heterocycles. The zero-order valence-corrected chi connectivity index (χ0v) is 10.3. The van der Waals surface area contributed by atoms with Gasteiger partial charge in [0.05, 0.1) is 0 Å². The molecule has 0 atom stereocenters. The molecule has 18 heavy (non-hydrogen) atoms. The zero-order chi connectivity index (χ0) is 12.8. The van der Waals surface area contributed by atoms with Gasteiger partial charge in [-0.1, -0.05) is 12.8 Å². The van der Waals surface area contributed by atoms with Crippen LogP contribution in [0.25, 0.3) is 10.4 Å². The zero-order valence-electron chi connectivity index (χ0n) is 10.3. The molecular formula is C10H16N8. The molecule has 1 aliphatic carbocycles. The molecule has 1 aliphatic rings. The normalized spacial score (nSPS) is 15.2. The first-order valence-corrected chi connectivity index (χ1v) is 6.13. The van der Waals surface area contributed by atoms with Gasteiger partial charge in [-0.25, -0.2) is 0 Å². The molecule has 2 N–H and O–H groups in total. The molecule has 8 nitrogen and oxygen atoms in total. The van der Waals surface area contributed by atoms with Crippen LogP contribution in [-0.4, -0.2) is 27.5 Å². The second-order valence-electron chi connectivity index (χ2n) is 4.13. The Kier molecular flexibility index (Phi) is 4.14. The van der Waals surface area contributed by atoms with Gasteiger partial charge >= 0.3 is 0 Å². The van der Waals surface area contributed by atoms with Gasteiger partial charge in [0.15, 0.2) is 0 Å². The monoisotopic (exact) mass is 248 g/mol. The fraction of sp³-hybridized carbons (Fsp3) is 0.700. The molecule has 1 aromatic rings. The lowest BCUT2D eigenvalue weighted by atomic mass is 10.3. The smallest absolute Gasteiger partial charge is 0.228 e. The summed E-state index contributed by atoms with van der Waals surface area (Å²) in [6, 6.07) is 0.404. The number of nitrogens with one attached hydrogen (secondary N) is 2.